The van der Waals surface area contributed by atoms with Gasteiger partial charge in [0.25, 0.3) is 9.84 Å². The van der Waals surface area contributed by atoms with Crippen LogP contribution in [0.2, 0.25) is 0 Å². The van der Waals surface area contributed by atoms with Crippen molar-refractivity contribution < 1.29 is 21.6 Å². The minimum absolute atomic E-state index is 0.524. The maximum absolute atomic E-state index is 12.3. The second-order valence-electron chi connectivity index (χ2n) is 3.58. The van der Waals surface area contributed by atoms with E-state index in [1.807, 2.05) is 6.42 Å². The summed E-state index contributed by atoms with van der Waals surface area (Å²) >= 11 is 0. The fourth-order valence-electron chi connectivity index (χ4n) is 1.68. The van der Waals surface area contributed by atoms with Crippen molar-refractivity contribution in [2.45, 2.75) is 23.2 Å². The van der Waals surface area contributed by atoms with Crippen molar-refractivity contribution in [3.8, 4) is 0 Å². The SMILES string of the molecule is O=S(=O)(c1ccc2c(c1)C[CH]C2)C(F)(F)F. The lowest BCUT2D eigenvalue weighted by molar-refractivity contribution is -0.0436. The number of benzene rings is 1. The summed E-state index contributed by atoms with van der Waals surface area (Å²) in [6, 6.07) is 3.57. The first-order valence-corrected chi connectivity index (χ1v) is 6.05. The van der Waals surface area contributed by atoms with Crippen molar-refractivity contribution in [3.05, 3.63) is 35.7 Å². The van der Waals surface area contributed by atoms with Crippen LogP contribution in [-0.4, -0.2) is 13.9 Å². The van der Waals surface area contributed by atoms with Crippen LogP contribution in [0, 0.1) is 6.42 Å². The number of alkyl halides is 3. The van der Waals surface area contributed by atoms with E-state index < -0.39 is 20.2 Å². The third kappa shape index (κ3) is 1.71. The van der Waals surface area contributed by atoms with Gasteiger partial charge in [0.15, 0.2) is 0 Å². The Bertz CT molecular complexity index is 517. The van der Waals surface area contributed by atoms with E-state index >= 15 is 0 Å². The molecule has 0 spiro atoms. The summed E-state index contributed by atoms with van der Waals surface area (Å²) in [5, 5.41) is 0. The standard InChI is InChI=1S/C10H8F3O2S/c11-10(12,13)16(14,15)9-5-4-7-2-1-3-8(7)6-9/h1,4-6H,2-3H2. The van der Waals surface area contributed by atoms with Gasteiger partial charge in [0.1, 0.15) is 0 Å². The molecule has 1 aliphatic rings. The molecule has 0 atom stereocenters. The number of sulfone groups is 1. The summed E-state index contributed by atoms with van der Waals surface area (Å²) in [4.78, 5) is -0.672. The smallest absolute Gasteiger partial charge is 0.214 e. The van der Waals surface area contributed by atoms with E-state index in [1.165, 1.54) is 6.07 Å². The van der Waals surface area contributed by atoms with Gasteiger partial charge in [-0.25, -0.2) is 8.42 Å². The summed E-state index contributed by atoms with van der Waals surface area (Å²) in [6.45, 7) is 0. The Morgan fingerprint density at radius 2 is 1.69 bits per heavy atom. The molecule has 2 nitrogen and oxygen atoms in total. The van der Waals surface area contributed by atoms with Gasteiger partial charge in [0.05, 0.1) is 4.90 Å². The lowest BCUT2D eigenvalue weighted by Crippen LogP contribution is -2.23. The van der Waals surface area contributed by atoms with Crippen LogP contribution in [0.3, 0.4) is 0 Å². The van der Waals surface area contributed by atoms with E-state index in [0.717, 1.165) is 17.7 Å². The van der Waals surface area contributed by atoms with Crippen molar-refractivity contribution in [1.29, 1.82) is 0 Å². The minimum atomic E-state index is -5.23. The molecule has 0 amide bonds. The predicted molar refractivity (Wildman–Crippen MR) is 51.4 cm³/mol. The van der Waals surface area contributed by atoms with Crippen LogP contribution in [0.25, 0.3) is 0 Å². The summed E-state index contributed by atoms with van der Waals surface area (Å²) < 4.78 is 59.1. The lowest BCUT2D eigenvalue weighted by atomic mass is 10.1. The van der Waals surface area contributed by atoms with Crippen LogP contribution in [-0.2, 0) is 22.7 Å². The molecule has 0 aliphatic heterocycles. The molecule has 0 saturated heterocycles. The molecular formula is C10H8F3O2S. The van der Waals surface area contributed by atoms with E-state index in [1.54, 1.807) is 0 Å². The van der Waals surface area contributed by atoms with Crippen molar-refractivity contribution in [1.82, 2.24) is 0 Å². The van der Waals surface area contributed by atoms with Crippen molar-refractivity contribution in [3.63, 3.8) is 0 Å². The third-order valence-electron chi connectivity index (χ3n) is 2.52. The molecule has 2 rings (SSSR count). The zero-order valence-electron chi connectivity index (χ0n) is 8.08. The molecule has 0 unspecified atom stereocenters. The van der Waals surface area contributed by atoms with Crippen molar-refractivity contribution in [2.24, 2.45) is 0 Å². The Morgan fingerprint density at radius 1 is 1.06 bits per heavy atom. The van der Waals surface area contributed by atoms with Gasteiger partial charge in [-0.3, -0.25) is 0 Å². The maximum Gasteiger partial charge on any atom is 0.501 e. The molecule has 0 bridgehead atoms. The summed E-state index contributed by atoms with van der Waals surface area (Å²) in [5.41, 5.74) is -3.68. The second kappa shape index (κ2) is 3.48. The summed E-state index contributed by atoms with van der Waals surface area (Å²) in [7, 11) is -5.21. The number of halogens is 3. The molecule has 0 fully saturated rings. The van der Waals surface area contributed by atoms with Gasteiger partial charge in [-0.1, -0.05) is 6.07 Å². The first-order valence-electron chi connectivity index (χ1n) is 4.57. The van der Waals surface area contributed by atoms with Gasteiger partial charge >= 0.3 is 5.51 Å². The van der Waals surface area contributed by atoms with Gasteiger partial charge in [-0.05, 0) is 42.5 Å². The zero-order chi connectivity index (χ0) is 12.0. The third-order valence-corrected chi connectivity index (χ3v) is 4.01. The fourth-order valence-corrected chi connectivity index (χ4v) is 2.49. The Labute approximate surface area is 91.0 Å². The Morgan fingerprint density at radius 3 is 2.31 bits per heavy atom. The monoisotopic (exact) mass is 249 g/mol. The zero-order valence-corrected chi connectivity index (χ0v) is 8.90. The van der Waals surface area contributed by atoms with E-state index in [-0.39, 0.29) is 0 Å². The number of fused-ring (bicyclic) bond motifs is 1. The summed E-state index contributed by atoms with van der Waals surface area (Å²) in [5.74, 6) is 0. The van der Waals surface area contributed by atoms with Crippen LogP contribution in [0.4, 0.5) is 13.2 Å². The lowest BCUT2D eigenvalue weighted by Gasteiger charge is -2.09. The minimum Gasteiger partial charge on any atom is -0.214 e. The molecule has 1 aromatic rings. The average molecular weight is 249 g/mol. The molecule has 1 radical (unpaired) electrons. The first kappa shape index (κ1) is 11.4. The fraction of sp³-hybridized carbons (Fsp3) is 0.300. The van der Waals surface area contributed by atoms with Gasteiger partial charge in [-0.2, -0.15) is 13.2 Å². The molecule has 1 aromatic carbocycles. The Hall–Kier alpha value is -1.04. The highest BCUT2D eigenvalue weighted by Crippen LogP contribution is 2.32. The topological polar surface area (TPSA) is 34.1 Å². The Kier molecular flexibility index (Phi) is 2.49. The molecule has 0 aromatic heterocycles. The number of hydrogen-bond donors (Lipinski definition) is 0. The number of hydrogen-bond acceptors (Lipinski definition) is 2. The van der Waals surface area contributed by atoms with Gasteiger partial charge in [0.2, 0.25) is 0 Å². The average Bonchev–Trinajstić information content (AvgIpc) is 2.61. The normalized spacial score (nSPS) is 16.2. The highest BCUT2D eigenvalue weighted by atomic mass is 32.2. The largest absolute Gasteiger partial charge is 0.501 e. The van der Waals surface area contributed by atoms with Crippen LogP contribution in [0.5, 0.6) is 0 Å². The molecule has 87 valence electrons. The maximum atomic E-state index is 12.3. The number of rotatable bonds is 1. The molecule has 6 heteroatoms. The molecular weight excluding hydrogens is 241 g/mol. The van der Waals surface area contributed by atoms with E-state index in [4.69, 9.17) is 0 Å². The van der Waals surface area contributed by atoms with Gasteiger partial charge < -0.3 is 0 Å². The molecule has 16 heavy (non-hydrogen) atoms. The van der Waals surface area contributed by atoms with E-state index in [2.05, 4.69) is 0 Å². The predicted octanol–water partition coefficient (Wildman–Crippen LogP) is 2.28. The quantitative estimate of drug-likeness (QED) is 0.765. The van der Waals surface area contributed by atoms with Crippen molar-refractivity contribution >= 4 is 9.84 Å². The van der Waals surface area contributed by atoms with E-state index in [0.29, 0.717) is 18.4 Å². The highest BCUT2D eigenvalue weighted by molar-refractivity contribution is 7.92. The van der Waals surface area contributed by atoms with Crippen LogP contribution < -0.4 is 0 Å². The van der Waals surface area contributed by atoms with Gasteiger partial charge in [-0.15, -0.1) is 0 Å². The van der Waals surface area contributed by atoms with Crippen LogP contribution in [0.1, 0.15) is 11.1 Å². The molecule has 0 saturated carbocycles. The van der Waals surface area contributed by atoms with Gasteiger partial charge in [0, 0.05) is 0 Å². The summed E-state index contributed by atoms with van der Waals surface area (Å²) in [6.07, 6.45) is 3.10. The van der Waals surface area contributed by atoms with E-state index in [9.17, 15) is 21.6 Å². The van der Waals surface area contributed by atoms with Crippen LogP contribution >= 0.6 is 0 Å². The molecule has 1 aliphatic carbocycles. The Balaban J connectivity index is 2.51. The molecule has 0 N–H and O–H groups in total. The van der Waals surface area contributed by atoms with Crippen LogP contribution in [0.15, 0.2) is 23.1 Å². The highest BCUT2D eigenvalue weighted by Gasteiger charge is 2.47. The second-order valence-corrected chi connectivity index (χ2v) is 5.52. The first-order chi connectivity index (χ1) is 7.32. The molecule has 0 heterocycles. The van der Waals surface area contributed by atoms with Crippen molar-refractivity contribution in [2.75, 3.05) is 0 Å².